The van der Waals surface area contributed by atoms with Crippen molar-refractivity contribution in [3.8, 4) is 0 Å². The number of halogens is 2. The normalized spacial score (nSPS) is 11.3. The smallest absolute Gasteiger partial charge is 0.258 e. The highest BCUT2D eigenvalue weighted by Crippen LogP contribution is 2.21. The fraction of sp³-hybridized carbons (Fsp3) is 0.0714. The second-order valence-electron chi connectivity index (χ2n) is 4.58. The van der Waals surface area contributed by atoms with Gasteiger partial charge in [0.15, 0.2) is 11.6 Å². The molecule has 0 aromatic heterocycles. The summed E-state index contributed by atoms with van der Waals surface area (Å²) >= 11 is 0. The molecule has 0 spiro atoms. The first kappa shape index (κ1) is 16.1. The van der Waals surface area contributed by atoms with Crippen LogP contribution in [0.15, 0.2) is 41.3 Å². The SMILES string of the molecule is Cc1ccc(S(N)(=O)=O)cc1NC(=O)c1cccc(F)c1F. The van der Waals surface area contributed by atoms with Gasteiger partial charge in [0.05, 0.1) is 10.5 Å². The topological polar surface area (TPSA) is 89.3 Å². The number of anilines is 1. The highest BCUT2D eigenvalue weighted by Gasteiger charge is 2.17. The van der Waals surface area contributed by atoms with Gasteiger partial charge in [-0.25, -0.2) is 22.3 Å². The zero-order valence-electron chi connectivity index (χ0n) is 11.4. The molecule has 0 aliphatic heterocycles. The van der Waals surface area contributed by atoms with E-state index >= 15 is 0 Å². The minimum atomic E-state index is -3.94. The fourth-order valence-corrected chi connectivity index (χ4v) is 2.32. The number of carbonyl (C=O) groups excluding carboxylic acids is 1. The first-order valence-electron chi connectivity index (χ1n) is 6.09. The summed E-state index contributed by atoms with van der Waals surface area (Å²) in [6.07, 6.45) is 0. The first-order chi connectivity index (χ1) is 10.2. The van der Waals surface area contributed by atoms with Crippen LogP contribution in [0.3, 0.4) is 0 Å². The number of primary sulfonamides is 1. The second-order valence-corrected chi connectivity index (χ2v) is 6.14. The molecule has 0 radical (unpaired) electrons. The molecular weight excluding hydrogens is 314 g/mol. The third-order valence-corrected chi connectivity index (χ3v) is 3.89. The van der Waals surface area contributed by atoms with Crippen LogP contribution in [0.1, 0.15) is 15.9 Å². The van der Waals surface area contributed by atoms with Crippen LogP contribution in [0, 0.1) is 18.6 Å². The van der Waals surface area contributed by atoms with E-state index in [0.29, 0.717) is 5.56 Å². The average molecular weight is 326 g/mol. The average Bonchev–Trinajstić information content (AvgIpc) is 2.43. The number of hydrogen-bond donors (Lipinski definition) is 2. The van der Waals surface area contributed by atoms with Gasteiger partial charge in [0, 0.05) is 5.69 Å². The van der Waals surface area contributed by atoms with Crippen LogP contribution in [0.25, 0.3) is 0 Å². The van der Waals surface area contributed by atoms with Crippen LogP contribution < -0.4 is 10.5 Å². The number of nitrogens with one attached hydrogen (secondary N) is 1. The zero-order chi connectivity index (χ0) is 16.5. The van der Waals surface area contributed by atoms with E-state index in [1.165, 1.54) is 18.2 Å². The van der Waals surface area contributed by atoms with E-state index < -0.39 is 33.1 Å². The Hall–Kier alpha value is -2.32. The Bertz CT molecular complexity index is 851. The Labute approximate surface area is 125 Å². The van der Waals surface area contributed by atoms with E-state index in [2.05, 4.69) is 5.32 Å². The number of nitrogens with two attached hydrogens (primary N) is 1. The van der Waals surface area contributed by atoms with Crippen molar-refractivity contribution in [2.24, 2.45) is 5.14 Å². The molecular formula is C14H12F2N2O3S. The molecule has 0 bridgehead atoms. The molecule has 0 heterocycles. The van der Waals surface area contributed by atoms with Gasteiger partial charge < -0.3 is 5.32 Å². The minimum Gasteiger partial charge on any atom is -0.322 e. The molecule has 2 rings (SSSR count). The molecule has 0 saturated carbocycles. The molecule has 116 valence electrons. The quantitative estimate of drug-likeness (QED) is 0.906. The van der Waals surface area contributed by atoms with Gasteiger partial charge in [-0.3, -0.25) is 4.79 Å². The predicted octanol–water partition coefficient (Wildman–Crippen LogP) is 2.17. The highest BCUT2D eigenvalue weighted by atomic mass is 32.2. The van der Waals surface area contributed by atoms with Gasteiger partial charge in [0.1, 0.15) is 0 Å². The number of sulfonamides is 1. The summed E-state index contributed by atoms with van der Waals surface area (Å²) < 4.78 is 49.3. The summed E-state index contributed by atoms with van der Waals surface area (Å²) in [7, 11) is -3.94. The van der Waals surface area contributed by atoms with Crippen molar-refractivity contribution in [3.05, 3.63) is 59.2 Å². The summed E-state index contributed by atoms with van der Waals surface area (Å²) in [6.45, 7) is 1.62. The maximum absolute atomic E-state index is 13.6. The summed E-state index contributed by atoms with van der Waals surface area (Å²) in [6, 6.07) is 7.08. The van der Waals surface area contributed by atoms with Gasteiger partial charge in [-0.15, -0.1) is 0 Å². The number of hydrogen-bond acceptors (Lipinski definition) is 3. The van der Waals surface area contributed by atoms with Crippen LogP contribution in [0.2, 0.25) is 0 Å². The molecule has 3 N–H and O–H groups in total. The Morgan fingerprint density at radius 1 is 1.18 bits per heavy atom. The van der Waals surface area contributed by atoms with Crippen molar-refractivity contribution in [1.29, 1.82) is 0 Å². The van der Waals surface area contributed by atoms with E-state index in [0.717, 1.165) is 18.2 Å². The van der Waals surface area contributed by atoms with Crippen molar-refractivity contribution in [1.82, 2.24) is 0 Å². The molecule has 22 heavy (non-hydrogen) atoms. The lowest BCUT2D eigenvalue weighted by Crippen LogP contribution is -2.17. The van der Waals surface area contributed by atoms with E-state index in [-0.39, 0.29) is 10.6 Å². The van der Waals surface area contributed by atoms with E-state index in [9.17, 15) is 22.0 Å². The molecule has 0 fully saturated rings. The van der Waals surface area contributed by atoms with Gasteiger partial charge in [-0.2, -0.15) is 0 Å². The van der Waals surface area contributed by atoms with E-state index in [4.69, 9.17) is 5.14 Å². The van der Waals surface area contributed by atoms with Gasteiger partial charge in [-0.1, -0.05) is 12.1 Å². The van der Waals surface area contributed by atoms with Crippen molar-refractivity contribution >= 4 is 21.6 Å². The van der Waals surface area contributed by atoms with Crippen molar-refractivity contribution in [2.75, 3.05) is 5.32 Å². The number of carbonyl (C=O) groups is 1. The Balaban J connectivity index is 2.38. The molecule has 2 aromatic rings. The molecule has 5 nitrogen and oxygen atoms in total. The van der Waals surface area contributed by atoms with E-state index in [1.54, 1.807) is 6.92 Å². The summed E-state index contributed by atoms with van der Waals surface area (Å²) in [5.74, 6) is -3.32. The summed E-state index contributed by atoms with van der Waals surface area (Å²) in [5.41, 5.74) is 0.193. The van der Waals surface area contributed by atoms with Crippen LogP contribution in [0.5, 0.6) is 0 Å². The monoisotopic (exact) mass is 326 g/mol. The number of amides is 1. The molecule has 8 heteroatoms. The minimum absolute atomic E-state index is 0.139. The van der Waals surface area contributed by atoms with Crippen LogP contribution in [0.4, 0.5) is 14.5 Å². The first-order valence-corrected chi connectivity index (χ1v) is 7.63. The number of benzene rings is 2. The molecule has 0 unspecified atom stereocenters. The third kappa shape index (κ3) is 3.29. The molecule has 0 saturated heterocycles. The van der Waals surface area contributed by atoms with Gasteiger partial charge >= 0.3 is 0 Å². The Kier molecular flexibility index (Phi) is 4.25. The second kappa shape index (κ2) is 5.82. The summed E-state index contributed by atoms with van der Waals surface area (Å²) in [5, 5.41) is 7.35. The van der Waals surface area contributed by atoms with Gasteiger partial charge in [-0.05, 0) is 36.8 Å². The van der Waals surface area contributed by atoms with Gasteiger partial charge in [0.2, 0.25) is 10.0 Å². The van der Waals surface area contributed by atoms with Crippen LogP contribution in [-0.2, 0) is 10.0 Å². The third-order valence-electron chi connectivity index (χ3n) is 2.98. The number of rotatable bonds is 3. The maximum atomic E-state index is 13.6. The van der Waals surface area contributed by atoms with E-state index in [1.807, 2.05) is 0 Å². The Morgan fingerprint density at radius 2 is 1.86 bits per heavy atom. The molecule has 0 aliphatic carbocycles. The van der Waals surface area contributed by atoms with Gasteiger partial charge in [0.25, 0.3) is 5.91 Å². The van der Waals surface area contributed by atoms with Crippen molar-refractivity contribution in [3.63, 3.8) is 0 Å². The largest absolute Gasteiger partial charge is 0.322 e. The maximum Gasteiger partial charge on any atom is 0.258 e. The van der Waals surface area contributed by atoms with Crippen molar-refractivity contribution < 1.29 is 22.0 Å². The number of aryl methyl sites for hydroxylation is 1. The van der Waals surface area contributed by atoms with Crippen LogP contribution >= 0.6 is 0 Å². The summed E-state index contributed by atoms with van der Waals surface area (Å²) in [4.78, 5) is 11.8. The fourth-order valence-electron chi connectivity index (χ4n) is 1.78. The molecule has 0 aliphatic rings. The Morgan fingerprint density at radius 3 is 2.50 bits per heavy atom. The molecule has 2 aromatic carbocycles. The lowest BCUT2D eigenvalue weighted by atomic mass is 10.1. The molecule has 0 atom stereocenters. The lowest BCUT2D eigenvalue weighted by molar-refractivity contribution is 0.102. The molecule has 1 amide bonds. The highest BCUT2D eigenvalue weighted by molar-refractivity contribution is 7.89. The standard InChI is InChI=1S/C14H12F2N2O3S/c1-8-5-6-9(22(17,20)21)7-12(8)18-14(19)10-3-2-4-11(15)13(10)16/h2-7H,1H3,(H,18,19)(H2,17,20,21). The zero-order valence-corrected chi connectivity index (χ0v) is 12.2. The van der Waals surface area contributed by atoms with Crippen LogP contribution in [-0.4, -0.2) is 14.3 Å². The van der Waals surface area contributed by atoms with Crippen molar-refractivity contribution in [2.45, 2.75) is 11.8 Å². The predicted molar refractivity (Wildman–Crippen MR) is 76.9 cm³/mol. The lowest BCUT2D eigenvalue weighted by Gasteiger charge is -2.10.